The second-order valence-corrected chi connectivity index (χ2v) is 6.63. The van der Waals surface area contributed by atoms with E-state index < -0.39 is 0 Å². The average Bonchev–Trinajstić information content (AvgIpc) is 3.08. The summed E-state index contributed by atoms with van der Waals surface area (Å²) in [6.45, 7) is 7.84. The molecule has 20 heavy (non-hydrogen) atoms. The van der Waals surface area contributed by atoms with Crippen molar-refractivity contribution in [2.75, 3.05) is 6.54 Å². The Hall–Kier alpha value is -1.61. The van der Waals surface area contributed by atoms with Gasteiger partial charge in [-0.2, -0.15) is 0 Å². The molecule has 0 amide bonds. The molecule has 1 fully saturated rings. The highest BCUT2D eigenvalue weighted by Gasteiger charge is 2.20. The third-order valence-corrected chi connectivity index (χ3v) is 4.10. The molecule has 1 aliphatic rings. The minimum absolute atomic E-state index is 0.198. The number of hydrogen-bond donors (Lipinski definition) is 1. The fraction of sp³-hybridized carbons (Fsp3) is 0.471. The summed E-state index contributed by atoms with van der Waals surface area (Å²) in [6, 6.07) is 9.28. The summed E-state index contributed by atoms with van der Waals surface area (Å²) in [4.78, 5) is 4.34. The number of nitrogens with zero attached hydrogens (tertiary/aromatic N) is 2. The van der Waals surface area contributed by atoms with Crippen LogP contribution < -0.4 is 5.32 Å². The molecule has 2 heterocycles. The van der Waals surface area contributed by atoms with Gasteiger partial charge in [-0.3, -0.25) is 0 Å². The van der Waals surface area contributed by atoms with Crippen LogP contribution in [-0.4, -0.2) is 16.1 Å². The van der Waals surface area contributed by atoms with Crippen LogP contribution >= 0.6 is 0 Å². The molecule has 1 aromatic carbocycles. The van der Waals surface area contributed by atoms with Crippen LogP contribution in [0.2, 0.25) is 0 Å². The SMILES string of the molecule is CC(C)(C)c1ccc(-n2cncc2[C@@H]2CCCN2)cc1. The first-order chi connectivity index (χ1) is 9.55. The van der Waals surface area contributed by atoms with E-state index in [9.17, 15) is 0 Å². The topological polar surface area (TPSA) is 29.9 Å². The molecular weight excluding hydrogens is 246 g/mol. The lowest BCUT2D eigenvalue weighted by atomic mass is 9.87. The van der Waals surface area contributed by atoms with Gasteiger partial charge in [0.05, 0.1) is 18.2 Å². The molecule has 1 saturated heterocycles. The van der Waals surface area contributed by atoms with Crippen molar-refractivity contribution < 1.29 is 0 Å². The second kappa shape index (κ2) is 5.06. The summed E-state index contributed by atoms with van der Waals surface area (Å²) >= 11 is 0. The van der Waals surface area contributed by atoms with Crippen LogP contribution in [0.5, 0.6) is 0 Å². The first-order valence-electron chi connectivity index (χ1n) is 7.42. The molecule has 0 saturated carbocycles. The zero-order valence-corrected chi connectivity index (χ0v) is 12.6. The summed E-state index contributed by atoms with van der Waals surface area (Å²) in [7, 11) is 0. The van der Waals surface area contributed by atoms with Gasteiger partial charge in [-0.05, 0) is 42.5 Å². The Morgan fingerprint density at radius 1 is 1.20 bits per heavy atom. The van der Waals surface area contributed by atoms with E-state index in [-0.39, 0.29) is 5.41 Å². The Bertz CT molecular complexity index is 569. The van der Waals surface area contributed by atoms with Crippen LogP contribution in [0.1, 0.15) is 50.9 Å². The van der Waals surface area contributed by atoms with Crippen molar-refractivity contribution in [3.63, 3.8) is 0 Å². The van der Waals surface area contributed by atoms with Crippen molar-refractivity contribution in [2.24, 2.45) is 0 Å². The Balaban J connectivity index is 1.92. The molecule has 2 aromatic rings. The van der Waals surface area contributed by atoms with Crippen LogP contribution in [-0.2, 0) is 5.41 Å². The maximum Gasteiger partial charge on any atom is 0.0994 e. The third-order valence-electron chi connectivity index (χ3n) is 4.10. The van der Waals surface area contributed by atoms with Crippen LogP contribution in [0, 0.1) is 0 Å². The van der Waals surface area contributed by atoms with E-state index in [1.807, 2.05) is 12.5 Å². The molecule has 1 aliphatic heterocycles. The van der Waals surface area contributed by atoms with Crippen molar-refractivity contribution in [3.05, 3.63) is 48.0 Å². The molecule has 1 aromatic heterocycles. The largest absolute Gasteiger partial charge is 0.309 e. The summed E-state index contributed by atoms with van der Waals surface area (Å²) in [5.41, 5.74) is 4.02. The molecular formula is C17H23N3. The fourth-order valence-corrected chi connectivity index (χ4v) is 2.84. The zero-order chi connectivity index (χ0) is 14.2. The van der Waals surface area contributed by atoms with Gasteiger partial charge in [0, 0.05) is 11.7 Å². The molecule has 0 spiro atoms. The van der Waals surface area contributed by atoms with Crippen molar-refractivity contribution in [2.45, 2.75) is 45.1 Å². The lowest BCUT2D eigenvalue weighted by Crippen LogP contribution is -2.16. The number of nitrogens with one attached hydrogen (secondary N) is 1. The van der Waals surface area contributed by atoms with Crippen LogP contribution in [0.4, 0.5) is 0 Å². The van der Waals surface area contributed by atoms with Crippen LogP contribution in [0.3, 0.4) is 0 Å². The predicted molar refractivity (Wildman–Crippen MR) is 82.2 cm³/mol. The van der Waals surface area contributed by atoms with Gasteiger partial charge in [-0.1, -0.05) is 32.9 Å². The van der Waals surface area contributed by atoms with Crippen LogP contribution in [0.25, 0.3) is 5.69 Å². The van der Waals surface area contributed by atoms with Gasteiger partial charge in [0.1, 0.15) is 0 Å². The maximum absolute atomic E-state index is 4.34. The number of imidazole rings is 1. The van der Waals surface area contributed by atoms with E-state index in [2.05, 4.69) is 59.9 Å². The molecule has 0 radical (unpaired) electrons. The van der Waals surface area contributed by atoms with Crippen molar-refractivity contribution in [1.82, 2.24) is 14.9 Å². The minimum Gasteiger partial charge on any atom is -0.309 e. The molecule has 0 unspecified atom stereocenters. The quantitative estimate of drug-likeness (QED) is 0.903. The first kappa shape index (κ1) is 13.4. The molecule has 3 nitrogen and oxygen atoms in total. The molecule has 1 N–H and O–H groups in total. The standard InChI is InChI=1S/C17H23N3/c1-17(2,3)13-6-8-14(9-7-13)20-12-18-11-16(20)15-5-4-10-19-15/h6-9,11-12,15,19H,4-5,10H2,1-3H3/t15-/m0/s1. The monoisotopic (exact) mass is 269 g/mol. The number of benzene rings is 1. The third kappa shape index (κ3) is 2.50. The van der Waals surface area contributed by atoms with Gasteiger partial charge in [-0.15, -0.1) is 0 Å². The highest BCUT2D eigenvalue weighted by molar-refractivity contribution is 5.38. The zero-order valence-electron chi connectivity index (χ0n) is 12.6. The summed E-state index contributed by atoms with van der Waals surface area (Å²) < 4.78 is 2.20. The highest BCUT2D eigenvalue weighted by atomic mass is 15.1. The molecule has 3 heteroatoms. The van der Waals surface area contributed by atoms with E-state index >= 15 is 0 Å². The number of rotatable bonds is 2. The predicted octanol–water partition coefficient (Wildman–Crippen LogP) is 3.59. The van der Waals surface area contributed by atoms with Gasteiger partial charge < -0.3 is 9.88 Å². The second-order valence-electron chi connectivity index (χ2n) is 6.63. The summed E-state index contributed by atoms with van der Waals surface area (Å²) in [5.74, 6) is 0. The Morgan fingerprint density at radius 3 is 2.55 bits per heavy atom. The molecule has 0 aliphatic carbocycles. The van der Waals surface area contributed by atoms with Gasteiger partial charge in [-0.25, -0.2) is 4.98 Å². The van der Waals surface area contributed by atoms with E-state index in [1.165, 1.54) is 29.8 Å². The van der Waals surface area contributed by atoms with E-state index in [0.717, 1.165) is 6.54 Å². The average molecular weight is 269 g/mol. The summed E-state index contributed by atoms with van der Waals surface area (Å²) in [6.07, 6.45) is 6.35. The smallest absolute Gasteiger partial charge is 0.0994 e. The minimum atomic E-state index is 0.198. The lowest BCUT2D eigenvalue weighted by Gasteiger charge is -2.20. The highest BCUT2D eigenvalue weighted by Crippen LogP contribution is 2.27. The van der Waals surface area contributed by atoms with Gasteiger partial charge >= 0.3 is 0 Å². The molecule has 3 rings (SSSR count). The first-order valence-corrected chi connectivity index (χ1v) is 7.42. The van der Waals surface area contributed by atoms with E-state index in [1.54, 1.807) is 0 Å². The van der Waals surface area contributed by atoms with E-state index in [4.69, 9.17) is 0 Å². The Labute approximate surface area is 121 Å². The van der Waals surface area contributed by atoms with Gasteiger partial charge in [0.15, 0.2) is 0 Å². The summed E-state index contributed by atoms with van der Waals surface area (Å²) in [5, 5.41) is 3.54. The lowest BCUT2D eigenvalue weighted by molar-refractivity contribution is 0.589. The van der Waals surface area contributed by atoms with Crippen molar-refractivity contribution >= 4 is 0 Å². The molecule has 0 bridgehead atoms. The van der Waals surface area contributed by atoms with Crippen LogP contribution in [0.15, 0.2) is 36.8 Å². The number of hydrogen-bond acceptors (Lipinski definition) is 2. The molecule has 106 valence electrons. The van der Waals surface area contributed by atoms with Crippen molar-refractivity contribution in [1.29, 1.82) is 0 Å². The van der Waals surface area contributed by atoms with E-state index in [0.29, 0.717) is 6.04 Å². The fourth-order valence-electron chi connectivity index (χ4n) is 2.84. The van der Waals surface area contributed by atoms with Crippen molar-refractivity contribution in [3.8, 4) is 5.69 Å². The number of aromatic nitrogens is 2. The van der Waals surface area contributed by atoms with Gasteiger partial charge in [0.25, 0.3) is 0 Å². The Kier molecular flexibility index (Phi) is 3.38. The molecule has 1 atom stereocenters. The normalized spacial score (nSPS) is 19.4. The van der Waals surface area contributed by atoms with Gasteiger partial charge in [0.2, 0.25) is 0 Å². The maximum atomic E-state index is 4.34. The Morgan fingerprint density at radius 2 is 1.95 bits per heavy atom.